The molecule has 0 atom stereocenters. The topological polar surface area (TPSA) is 47.6 Å². The molecule has 76 valence electrons. The van der Waals surface area contributed by atoms with E-state index in [9.17, 15) is 0 Å². The molecule has 1 rings (SSSR count). The first-order valence-corrected chi connectivity index (χ1v) is 5.42. The van der Waals surface area contributed by atoms with Crippen molar-refractivity contribution in [3.63, 3.8) is 0 Å². The van der Waals surface area contributed by atoms with Gasteiger partial charge in [-0.2, -0.15) is 10.5 Å². The van der Waals surface area contributed by atoms with Crippen LogP contribution in [0, 0.1) is 22.7 Å². The summed E-state index contributed by atoms with van der Waals surface area (Å²) in [5.41, 5.74) is 0.937. The van der Waals surface area contributed by atoms with Crippen molar-refractivity contribution >= 4 is 11.8 Å². The highest BCUT2D eigenvalue weighted by Gasteiger charge is 2.16. The van der Waals surface area contributed by atoms with Crippen LogP contribution in [0.2, 0.25) is 0 Å². The normalized spacial score (nSPS) is 10.5. The predicted octanol–water partition coefficient (Wildman–Crippen LogP) is 3.32. The number of benzene rings is 1. The molecular formula is C12H12N2S. The third-order valence-electron chi connectivity index (χ3n) is 1.67. The average molecular weight is 216 g/mol. The molecule has 0 heterocycles. The molecule has 0 unspecified atom stereocenters. The van der Waals surface area contributed by atoms with Gasteiger partial charge in [-0.05, 0) is 12.1 Å². The zero-order chi connectivity index (χ0) is 11.5. The second kappa shape index (κ2) is 4.38. The van der Waals surface area contributed by atoms with Gasteiger partial charge in [0.1, 0.15) is 12.1 Å². The highest BCUT2D eigenvalue weighted by Crippen LogP contribution is 2.34. The Morgan fingerprint density at radius 1 is 1.13 bits per heavy atom. The van der Waals surface area contributed by atoms with Crippen LogP contribution in [0.4, 0.5) is 0 Å². The van der Waals surface area contributed by atoms with Gasteiger partial charge in [0.2, 0.25) is 0 Å². The lowest BCUT2D eigenvalue weighted by Crippen LogP contribution is -2.07. The molecule has 2 nitrogen and oxygen atoms in total. The molecule has 0 saturated carbocycles. The highest BCUT2D eigenvalue weighted by atomic mass is 32.2. The predicted molar refractivity (Wildman–Crippen MR) is 61.5 cm³/mol. The molecular weight excluding hydrogens is 204 g/mol. The van der Waals surface area contributed by atoms with E-state index in [0.29, 0.717) is 11.1 Å². The Bertz CT molecular complexity index is 444. The Morgan fingerprint density at radius 3 is 2.27 bits per heavy atom. The van der Waals surface area contributed by atoms with Gasteiger partial charge in [-0.15, -0.1) is 11.8 Å². The molecule has 0 aliphatic heterocycles. The SMILES string of the molecule is CC(C)(C)Sc1cccc(C#N)c1C#N. The van der Waals surface area contributed by atoms with E-state index in [1.165, 1.54) is 0 Å². The Hall–Kier alpha value is -1.45. The number of nitriles is 2. The Morgan fingerprint density at radius 2 is 1.80 bits per heavy atom. The van der Waals surface area contributed by atoms with E-state index in [4.69, 9.17) is 10.5 Å². The molecule has 0 spiro atoms. The van der Waals surface area contributed by atoms with E-state index < -0.39 is 0 Å². The molecule has 0 aliphatic carbocycles. The van der Waals surface area contributed by atoms with Crippen LogP contribution < -0.4 is 0 Å². The lowest BCUT2D eigenvalue weighted by Gasteiger charge is -2.18. The second-order valence-electron chi connectivity index (χ2n) is 4.12. The zero-order valence-corrected chi connectivity index (χ0v) is 9.85. The van der Waals surface area contributed by atoms with Crippen molar-refractivity contribution in [2.45, 2.75) is 30.4 Å². The number of thioether (sulfide) groups is 1. The molecule has 0 aliphatic rings. The van der Waals surface area contributed by atoms with Gasteiger partial charge >= 0.3 is 0 Å². The first-order chi connectivity index (χ1) is 6.98. The van der Waals surface area contributed by atoms with Gasteiger partial charge in [-0.1, -0.05) is 26.8 Å². The maximum atomic E-state index is 9.01. The lowest BCUT2D eigenvalue weighted by molar-refractivity contribution is 0.802. The molecule has 0 fully saturated rings. The van der Waals surface area contributed by atoms with Gasteiger partial charge in [0.05, 0.1) is 11.1 Å². The van der Waals surface area contributed by atoms with Crippen LogP contribution in [-0.2, 0) is 0 Å². The Kier molecular flexibility index (Phi) is 3.39. The Labute approximate surface area is 94.5 Å². The highest BCUT2D eigenvalue weighted by molar-refractivity contribution is 8.00. The quantitative estimate of drug-likeness (QED) is 0.676. The Balaban J connectivity index is 3.21. The summed E-state index contributed by atoms with van der Waals surface area (Å²) in [6.07, 6.45) is 0. The van der Waals surface area contributed by atoms with E-state index >= 15 is 0 Å². The van der Waals surface area contributed by atoms with Crippen molar-refractivity contribution in [3.05, 3.63) is 29.3 Å². The van der Waals surface area contributed by atoms with Gasteiger partial charge in [0, 0.05) is 9.64 Å². The van der Waals surface area contributed by atoms with Gasteiger partial charge < -0.3 is 0 Å². The third kappa shape index (κ3) is 3.01. The monoisotopic (exact) mass is 216 g/mol. The van der Waals surface area contributed by atoms with E-state index in [1.807, 2.05) is 18.2 Å². The summed E-state index contributed by atoms with van der Waals surface area (Å²) in [7, 11) is 0. The molecule has 0 amide bonds. The minimum atomic E-state index is 0.0413. The molecule has 0 N–H and O–H groups in total. The number of hydrogen-bond donors (Lipinski definition) is 0. The molecule has 0 radical (unpaired) electrons. The van der Waals surface area contributed by atoms with Crippen LogP contribution >= 0.6 is 11.8 Å². The maximum Gasteiger partial charge on any atom is 0.102 e. The van der Waals surface area contributed by atoms with Crippen molar-refractivity contribution in [2.24, 2.45) is 0 Å². The summed E-state index contributed by atoms with van der Waals surface area (Å²) in [5.74, 6) is 0. The van der Waals surface area contributed by atoms with Gasteiger partial charge in [0.15, 0.2) is 0 Å². The van der Waals surface area contributed by atoms with Gasteiger partial charge in [0.25, 0.3) is 0 Å². The second-order valence-corrected chi connectivity index (χ2v) is 5.99. The summed E-state index contributed by atoms with van der Waals surface area (Å²) in [5, 5.41) is 17.9. The summed E-state index contributed by atoms with van der Waals surface area (Å²) < 4.78 is 0.0413. The van der Waals surface area contributed by atoms with Crippen LogP contribution in [-0.4, -0.2) is 4.75 Å². The smallest absolute Gasteiger partial charge is 0.102 e. The molecule has 1 aromatic rings. The minimum absolute atomic E-state index is 0.0413. The fourth-order valence-electron chi connectivity index (χ4n) is 1.15. The van der Waals surface area contributed by atoms with E-state index in [-0.39, 0.29) is 4.75 Å². The molecule has 0 saturated heterocycles. The first-order valence-electron chi connectivity index (χ1n) is 4.60. The number of rotatable bonds is 1. The third-order valence-corrected chi connectivity index (χ3v) is 2.85. The molecule has 0 bridgehead atoms. The summed E-state index contributed by atoms with van der Waals surface area (Å²) >= 11 is 1.61. The largest absolute Gasteiger partial charge is 0.192 e. The fourth-order valence-corrected chi connectivity index (χ4v) is 2.22. The van der Waals surface area contributed by atoms with Crippen LogP contribution in [0.25, 0.3) is 0 Å². The summed E-state index contributed by atoms with van der Waals surface area (Å²) in [6, 6.07) is 9.50. The van der Waals surface area contributed by atoms with Gasteiger partial charge in [-0.3, -0.25) is 0 Å². The van der Waals surface area contributed by atoms with Crippen molar-refractivity contribution in [1.82, 2.24) is 0 Å². The summed E-state index contributed by atoms with van der Waals surface area (Å²) in [6.45, 7) is 6.24. The van der Waals surface area contributed by atoms with Crippen molar-refractivity contribution in [2.75, 3.05) is 0 Å². The van der Waals surface area contributed by atoms with E-state index in [1.54, 1.807) is 17.8 Å². The first kappa shape index (κ1) is 11.6. The van der Waals surface area contributed by atoms with Crippen LogP contribution in [0.5, 0.6) is 0 Å². The van der Waals surface area contributed by atoms with E-state index in [0.717, 1.165) is 4.90 Å². The average Bonchev–Trinajstić information content (AvgIpc) is 2.15. The van der Waals surface area contributed by atoms with Crippen LogP contribution in [0.1, 0.15) is 31.9 Å². The molecule has 0 aromatic heterocycles. The maximum absolute atomic E-state index is 9.01. The standard InChI is InChI=1S/C12H12N2S/c1-12(2,3)15-11-6-4-5-9(7-13)10(11)8-14/h4-6H,1-3H3. The van der Waals surface area contributed by atoms with Crippen molar-refractivity contribution in [1.29, 1.82) is 10.5 Å². The van der Waals surface area contributed by atoms with Gasteiger partial charge in [-0.25, -0.2) is 0 Å². The minimum Gasteiger partial charge on any atom is -0.192 e. The molecule has 15 heavy (non-hydrogen) atoms. The van der Waals surface area contributed by atoms with Crippen LogP contribution in [0.15, 0.2) is 23.1 Å². The van der Waals surface area contributed by atoms with Crippen molar-refractivity contribution < 1.29 is 0 Å². The zero-order valence-electron chi connectivity index (χ0n) is 9.03. The molecule has 3 heteroatoms. The van der Waals surface area contributed by atoms with Crippen LogP contribution in [0.3, 0.4) is 0 Å². The summed E-state index contributed by atoms with van der Waals surface area (Å²) in [4.78, 5) is 0.879. The lowest BCUT2D eigenvalue weighted by atomic mass is 10.1. The van der Waals surface area contributed by atoms with E-state index in [2.05, 4.69) is 26.8 Å². The number of nitrogens with zero attached hydrogens (tertiary/aromatic N) is 2. The van der Waals surface area contributed by atoms with Crippen molar-refractivity contribution in [3.8, 4) is 12.1 Å². The number of hydrogen-bond acceptors (Lipinski definition) is 3. The fraction of sp³-hybridized carbons (Fsp3) is 0.333. The molecule has 1 aromatic carbocycles.